The molecule has 5 nitrogen and oxygen atoms in total. The first-order valence-electron chi connectivity index (χ1n) is 4.38. The molecule has 0 aliphatic rings. The molecule has 1 amide bonds. The van der Waals surface area contributed by atoms with Gasteiger partial charge in [-0.25, -0.2) is 4.79 Å². The highest BCUT2D eigenvalue weighted by molar-refractivity contribution is 9.10. The van der Waals surface area contributed by atoms with E-state index >= 15 is 0 Å². The van der Waals surface area contributed by atoms with E-state index in [4.69, 9.17) is 0 Å². The van der Waals surface area contributed by atoms with Crippen molar-refractivity contribution in [2.24, 2.45) is 5.16 Å². The minimum Gasteiger partial charge on any atom is -0.453 e. The molecule has 0 fully saturated rings. The molecule has 0 aliphatic carbocycles. The van der Waals surface area contributed by atoms with Crippen LogP contribution in [0.15, 0.2) is 27.8 Å². The topological polar surface area (TPSA) is 59.9 Å². The molecule has 16 heavy (non-hydrogen) atoms. The van der Waals surface area contributed by atoms with E-state index in [0.29, 0.717) is 11.3 Å². The summed E-state index contributed by atoms with van der Waals surface area (Å²) in [5.74, 6) is 0. The molecule has 0 spiro atoms. The summed E-state index contributed by atoms with van der Waals surface area (Å²) < 4.78 is 5.38. The average molecular weight is 287 g/mol. The zero-order chi connectivity index (χ0) is 12.0. The number of oxime groups is 1. The molecule has 0 aliphatic heterocycles. The molecule has 86 valence electrons. The van der Waals surface area contributed by atoms with Crippen LogP contribution >= 0.6 is 15.9 Å². The van der Waals surface area contributed by atoms with Crippen LogP contribution in [0.2, 0.25) is 0 Å². The fourth-order valence-corrected chi connectivity index (χ4v) is 1.40. The van der Waals surface area contributed by atoms with E-state index in [2.05, 4.69) is 36.0 Å². The van der Waals surface area contributed by atoms with E-state index in [1.165, 1.54) is 20.4 Å². The van der Waals surface area contributed by atoms with Crippen molar-refractivity contribution < 1.29 is 14.4 Å². The number of amides is 1. The van der Waals surface area contributed by atoms with Crippen molar-refractivity contribution in [2.75, 3.05) is 19.5 Å². The van der Waals surface area contributed by atoms with E-state index in [1.807, 2.05) is 0 Å². The fourth-order valence-electron chi connectivity index (χ4n) is 1.02. The van der Waals surface area contributed by atoms with Crippen molar-refractivity contribution >= 4 is 33.9 Å². The highest BCUT2D eigenvalue weighted by atomic mass is 79.9. The van der Waals surface area contributed by atoms with Crippen molar-refractivity contribution in [1.82, 2.24) is 0 Å². The van der Waals surface area contributed by atoms with Gasteiger partial charge >= 0.3 is 6.09 Å². The number of ether oxygens (including phenoxy) is 1. The Balaban J connectivity index is 2.97. The summed E-state index contributed by atoms with van der Waals surface area (Å²) in [5.41, 5.74) is 1.30. The number of nitrogens with zero attached hydrogens (tertiary/aromatic N) is 1. The first-order chi connectivity index (χ1) is 7.67. The normalized spacial score (nSPS) is 10.2. The van der Waals surface area contributed by atoms with E-state index in [-0.39, 0.29) is 0 Å². The van der Waals surface area contributed by atoms with E-state index < -0.39 is 6.09 Å². The molecule has 0 saturated carbocycles. The molecule has 0 atom stereocenters. The van der Waals surface area contributed by atoms with E-state index in [9.17, 15) is 4.79 Å². The molecule has 0 bridgehead atoms. The summed E-state index contributed by atoms with van der Waals surface area (Å²) in [4.78, 5) is 15.7. The standard InChI is InChI=1S/C10H11BrN2O3/c1-15-10(14)13-9-4-3-8(11)5-7(9)6-12-16-2/h3-6H,1-2H3,(H,13,14)/b12-6+. The average Bonchev–Trinajstić information content (AvgIpc) is 2.29. The Morgan fingerprint density at radius 3 is 2.88 bits per heavy atom. The van der Waals surface area contributed by atoms with Crippen LogP contribution in [0.25, 0.3) is 0 Å². The monoisotopic (exact) mass is 286 g/mol. The number of carbonyl (C=O) groups is 1. The Bertz CT molecular complexity index is 407. The molecule has 0 unspecified atom stereocenters. The molecule has 0 radical (unpaired) electrons. The van der Waals surface area contributed by atoms with Crippen LogP contribution in [-0.2, 0) is 9.57 Å². The van der Waals surface area contributed by atoms with Crippen LogP contribution in [0.5, 0.6) is 0 Å². The van der Waals surface area contributed by atoms with E-state index in [1.54, 1.807) is 18.2 Å². The lowest BCUT2D eigenvalue weighted by atomic mass is 10.2. The quantitative estimate of drug-likeness (QED) is 0.686. The number of hydrogen-bond acceptors (Lipinski definition) is 4. The highest BCUT2D eigenvalue weighted by Crippen LogP contribution is 2.19. The SMILES string of the molecule is CO/N=C/c1cc(Br)ccc1NC(=O)OC. The Labute approximate surface area is 102 Å². The van der Waals surface area contributed by atoms with Gasteiger partial charge in [-0.15, -0.1) is 0 Å². The Hall–Kier alpha value is -1.56. The Morgan fingerprint density at radius 2 is 2.25 bits per heavy atom. The van der Waals surface area contributed by atoms with Crippen molar-refractivity contribution in [3.05, 3.63) is 28.2 Å². The molecular formula is C10H11BrN2O3. The predicted molar refractivity (Wildman–Crippen MR) is 64.8 cm³/mol. The zero-order valence-corrected chi connectivity index (χ0v) is 10.4. The molecule has 0 heterocycles. The van der Waals surface area contributed by atoms with Crippen LogP contribution < -0.4 is 5.32 Å². The smallest absolute Gasteiger partial charge is 0.411 e. The third kappa shape index (κ3) is 3.54. The van der Waals surface area contributed by atoms with E-state index in [0.717, 1.165) is 4.47 Å². The van der Waals surface area contributed by atoms with Gasteiger partial charge in [-0.05, 0) is 18.2 Å². The Morgan fingerprint density at radius 1 is 1.50 bits per heavy atom. The molecule has 6 heteroatoms. The molecular weight excluding hydrogens is 276 g/mol. The van der Waals surface area contributed by atoms with Crippen molar-refractivity contribution in [3.8, 4) is 0 Å². The summed E-state index contributed by atoms with van der Waals surface area (Å²) in [6.45, 7) is 0. The zero-order valence-electron chi connectivity index (χ0n) is 8.86. The van der Waals surface area contributed by atoms with Gasteiger partial charge in [0.05, 0.1) is 19.0 Å². The first kappa shape index (κ1) is 12.5. The minimum absolute atomic E-state index is 0.533. The van der Waals surface area contributed by atoms with Crippen LogP contribution in [0.3, 0.4) is 0 Å². The number of anilines is 1. The van der Waals surface area contributed by atoms with Gasteiger partial charge in [0, 0.05) is 10.0 Å². The highest BCUT2D eigenvalue weighted by Gasteiger charge is 2.05. The molecule has 1 rings (SSSR count). The number of hydrogen-bond donors (Lipinski definition) is 1. The van der Waals surface area contributed by atoms with Crippen molar-refractivity contribution in [3.63, 3.8) is 0 Å². The summed E-state index contributed by atoms with van der Waals surface area (Å²) in [6, 6.07) is 5.33. The van der Waals surface area contributed by atoms with Crippen LogP contribution in [0, 0.1) is 0 Å². The molecule has 1 N–H and O–H groups in total. The second kappa shape index (κ2) is 6.12. The molecule has 0 aromatic heterocycles. The number of nitrogens with one attached hydrogen (secondary N) is 1. The number of methoxy groups -OCH3 is 1. The molecule has 0 saturated heterocycles. The summed E-state index contributed by atoms with van der Waals surface area (Å²) >= 11 is 3.33. The minimum atomic E-state index is -0.533. The maximum atomic E-state index is 11.1. The lowest BCUT2D eigenvalue weighted by Crippen LogP contribution is -2.12. The van der Waals surface area contributed by atoms with Gasteiger partial charge in [0.1, 0.15) is 7.11 Å². The largest absolute Gasteiger partial charge is 0.453 e. The second-order valence-corrected chi connectivity index (χ2v) is 3.68. The molecule has 1 aromatic rings. The predicted octanol–water partition coefficient (Wildman–Crippen LogP) is 2.61. The van der Waals surface area contributed by atoms with Crippen LogP contribution in [0.4, 0.5) is 10.5 Å². The van der Waals surface area contributed by atoms with Gasteiger partial charge in [-0.3, -0.25) is 5.32 Å². The number of benzene rings is 1. The summed E-state index contributed by atoms with van der Waals surface area (Å²) in [6.07, 6.45) is 0.963. The van der Waals surface area contributed by atoms with Gasteiger partial charge in [0.15, 0.2) is 0 Å². The third-order valence-electron chi connectivity index (χ3n) is 1.73. The van der Waals surface area contributed by atoms with Gasteiger partial charge in [0.2, 0.25) is 0 Å². The fraction of sp³-hybridized carbons (Fsp3) is 0.200. The summed E-state index contributed by atoms with van der Waals surface area (Å²) in [5, 5.41) is 6.21. The summed E-state index contributed by atoms with van der Waals surface area (Å²) in [7, 11) is 2.75. The molecule has 1 aromatic carbocycles. The number of halogens is 1. The lowest BCUT2D eigenvalue weighted by molar-refractivity contribution is 0.187. The van der Waals surface area contributed by atoms with Crippen molar-refractivity contribution in [2.45, 2.75) is 0 Å². The van der Waals surface area contributed by atoms with Crippen molar-refractivity contribution in [1.29, 1.82) is 0 Å². The van der Waals surface area contributed by atoms with Gasteiger partial charge < -0.3 is 9.57 Å². The van der Waals surface area contributed by atoms with Crippen LogP contribution in [0.1, 0.15) is 5.56 Å². The first-order valence-corrected chi connectivity index (χ1v) is 5.17. The maximum absolute atomic E-state index is 11.1. The third-order valence-corrected chi connectivity index (χ3v) is 2.23. The van der Waals surface area contributed by atoms with Crippen LogP contribution in [-0.4, -0.2) is 26.5 Å². The Kier molecular flexibility index (Phi) is 4.78. The number of rotatable bonds is 3. The maximum Gasteiger partial charge on any atom is 0.411 e. The lowest BCUT2D eigenvalue weighted by Gasteiger charge is -2.07. The second-order valence-electron chi connectivity index (χ2n) is 2.77. The van der Waals surface area contributed by atoms with Gasteiger partial charge in [-0.1, -0.05) is 21.1 Å². The van der Waals surface area contributed by atoms with Gasteiger partial charge in [0.25, 0.3) is 0 Å². The van der Waals surface area contributed by atoms with Gasteiger partial charge in [-0.2, -0.15) is 0 Å². The number of carbonyl (C=O) groups excluding carboxylic acids is 1.